The van der Waals surface area contributed by atoms with E-state index in [1.54, 1.807) is 13.1 Å². The molecule has 2 aliphatic rings. The van der Waals surface area contributed by atoms with Crippen molar-refractivity contribution < 1.29 is 22.8 Å². The highest BCUT2D eigenvalue weighted by Crippen LogP contribution is 2.37. The van der Waals surface area contributed by atoms with Crippen LogP contribution in [0.5, 0.6) is 0 Å². The molecule has 2 N–H and O–H groups in total. The van der Waals surface area contributed by atoms with Gasteiger partial charge in [-0.3, -0.25) is 9.59 Å². The minimum absolute atomic E-state index is 0.00451. The van der Waals surface area contributed by atoms with Crippen LogP contribution in [0.3, 0.4) is 0 Å². The number of amides is 2. The summed E-state index contributed by atoms with van der Waals surface area (Å²) in [6.45, 7) is 0. The Morgan fingerprint density at radius 3 is 2.55 bits per heavy atom. The van der Waals surface area contributed by atoms with E-state index in [1.165, 1.54) is 12.1 Å². The van der Waals surface area contributed by atoms with Crippen LogP contribution < -0.4 is 15.6 Å². The van der Waals surface area contributed by atoms with E-state index in [4.69, 9.17) is 11.6 Å². The van der Waals surface area contributed by atoms with Crippen LogP contribution in [-0.4, -0.2) is 41.6 Å². The van der Waals surface area contributed by atoms with E-state index in [-0.39, 0.29) is 35.8 Å². The molecule has 176 valence electrons. The van der Waals surface area contributed by atoms with Gasteiger partial charge in [0.1, 0.15) is 11.4 Å². The first-order valence-electron chi connectivity index (χ1n) is 10.7. The van der Waals surface area contributed by atoms with E-state index in [0.717, 1.165) is 6.07 Å². The van der Waals surface area contributed by atoms with Gasteiger partial charge in [0, 0.05) is 48.1 Å². The molecule has 0 atom stereocenters. The van der Waals surface area contributed by atoms with Crippen molar-refractivity contribution in [1.82, 2.24) is 15.7 Å². The zero-order valence-corrected chi connectivity index (χ0v) is 18.6. The van der Waals surface area contributed by atoms with Crippen molar-refractivity contribution in [3.05, 3.63) is 35.0 Å². The number of carbonyl (C=O) groups is 2. The molecule has 0 unspecified atom stereocenters. The molecule has 2 amide bonds. The molecule has 2 heterocycles. The SMILES string of the molecule is CN(c1cc(C(F)(F)F)nc2ccc(Cl)cc12)C1CCC(NC(=O)C2=NNC(=O)CC2)CC1. The van der Waals surface area contributed by atoms with Crippen molar-refractivity contribution in [3.63, 3.8) is 0 Å². The minimum Gasteiger partial charge on any atom is -0.371 e. The number of aromatic nitrogens is 1. The van der Waals surface area contributed by atoms with Gasteiger partial charge in [0.25, 0.3) is 5.91 Å². The Morgan fingerprint density at radius 1 is 1.18 bits per heavy atom. The monoisotopic (exact) mass is 481 g/mol. The molecule has 1 aliphatic heterocycles. The van der Waals surface area contributed by atoms with Crippen LogP contribution in [0, 0.1) is 0 Å². The zero-order valence-electron chi connectivity index (χ0n) is 17.9. The number of alkyl halides is 3. The Bertz CT molecular complexity index is 1110. The predicted octanol–water partition coefficient (Wildman–Crippen LogP) is 4.04. The third-order valence-electron chi connectivity index (χ3n) is 6.17. The number of halogens is 4. The molecule has 1 saturated carbocycles. The maximum Gasteiger partial charge on any atom is 0.433 e. The molecule has 0 saturated heterocycles. The normalized spacial score (nSPS) is 21.4. The molecule has 2 aromatic rings. The van der Waals surface area contributed by atoms with E-state index < -0.39 is 11.9 Å². The molecule has 0 bridgehead atoms. The van der Waals surface area contributed by atoms with Crippen molar-refractivity contribution in [1.29, 1.82) is 0 Å². The van der Waals surface area contributed by atoms with Gasteiger partial charge >= 0.3 is 6.18 Å². The van der Waals surface area contributed by atoms with Crippen molar-refractivity contribution >= 4 is 45.7 Å². The molecular formula is C22H23ClF3N5O2. The molecule has 0 spiro atoms. The summed E-state index contributed by atoms with van der Waals surface area (Å²) in [5.74, 6) is -0.509. The Labute approximate surface area is 193 Å². The summed E-state index contributed by atoms with van der Waals surface area (Å²) in [4.78, 5) is 29.2. The number of nitrogens with one attached hydrogen (secondary N) is 2. The van der Waals surface area contributed by atoms with Gasteiger partial charge in [-0.05, 0) is 49.9 Å². The Kier molecular flexibility index (Phi) is 6.47. The van der Waals surface area contributed by atoms with E-state index in [2.05, 4.69) is 20.8 Å². The van der Waals surface area contributed by atoms with Gasteiger partial charge in [-0.2, -0.15) is 18.3 Å². The average molecular weight is 482 g/mol. The first kappa shape index (κ1) is 23.3. The highest BCUT2D eigenvalue weighted by atomic mass is 35.5. The molecule has 1 aliphatic carbocycles. The Morgan fingerprint density at radius 2 is 1.91 bits per heavy atom. The number of hydrogen-bond donors (Lipinski definition) is 2. The fourth-order valence-electron chi connectivity index (χ4n) is 4.33. The summed E-state index contributed by atoms with van der Waals surface area (Å²) in [6, 6.07) is 5.66. The molecule has 1 aromatic carbocycles. The standard InChI is InChI=1S/C22H23ClF3N5O2/c1-31(18-11-19(22(24,25)26)28-16-7-2-12(23)10-15(16)18)14-5-3-13(4-6-14)27-21(33)17-8-9-20(32)30-29-17/h2,7,10-11,13-14H,3-6,8-9H2,1H3,(H,27,33)(H,30,32). The number of hydrazone groups is 1. The first-order valence-corrected chi connectivity index (χ1v) is 11.1. The van der Waals surface area contributed by atoms with Gasteiger partial charge in [0.15, 0.2) is 0 Å². The van der Waals surface area contributed by atoms with Crippen molar-refractivity contribution in [2.24, 2.45) is 5.10 Å². The fourth-order valence-corrected chi connectivity index (χ4v) is 4.50. The molecule has 11 heteroatoms. The number of rotatable bonds is 4. The molecular weight excluding hydrogens is 459 g/mol. The summed E-state index contributed by atoms with van der Waals surface area (Å²) in [5.41, 5.74) is 2.33. The third kappa shape index (κ3) is 5.21. The van der Waals surface area contributed by atoms with E-state index >= 15 is 0 Å². The number of pyridine rings is 1. The van der Waals surface area contributed by atoms with Gasteiger partial charge < -0.3 is 10.2 Å². The van der Waals surface area contributed by atoms with E-state index in [1.807, 2.05) is 4.90 Å². The lowest BCUT2D eigenvalue weighted by Gasteiger charge is -2.37. The minimum atomic E-state index is -4.56. The van der Waals surface area contributed by atoms with Crippen LogP contribution in [0.25, 0.3) is 10.9 Å². The lowest BCUT2D eigenvalue weighted by atomic mass is 9.89. The summed E-state index contributed by atoms with van der Waals surface area (Å²) >= 11 is 6.11. The number of nitrogens with zero attached hydrogens (tertiary/aromatic N) is 3. The van der Waals surface area contributed by atoms with Gasteiger partial charge in [0.2, 0.25) is 5.91 Å². The highest BCUT2D eigenvalue weighted by molar-refractivity contribution is 6.39. The zero-order chi connectivity index (χ0) is 23.8. The van der Waals surface area contributed by atoms with Gasteiger partial charge in [-0.1, -0.05) is 11.6 Å². The molecule has 7 nitrogen and oxygen atoms in total. The van der Waals surface area contributed by atoms with Gasteiger partial charge in [-0.25, -0.2) is 10.4 Å². The van der Waals surface area contributed by atoms with Crippen LogP contribution in [0.2, 0.25) is 5.02 Å². The topological polar surface area (TPSA) is 86.7 Å². The third-order valence-corrected chi connectivity index (χ3v) is 6.40. The Balaban J connectivity index is 1.47. The van der Waals surface area contributed by atoms with E-state index in [0.29, 0.717) is 53.9 Å². The van der Waals surface area contributed by atoms with Gasteiger partial charge in [-0.15, -0.1) is 0 Å². The summed E-state index contributed by atoms with van der Waals surface area (Å²) in [7, 11) is 1.78. The second-order valence-corrected chi connectivity index (χ2v) is 8.81. The largest absolute Gasteiger partial charge is 0.433 e. The van der Waals surface area contributed by atoms with Crippen LogP contribution in [-0.2, 0) is 15.8 Å². The lowest BCUT2D eigenvalue weighted by Crippen LogP contribution is -2.46. The van der Waals surface area contributed by atoms with Crippen LogP contribution in [0.1, 0.15) is 44.2 Å². The van der Waals surface area contributed by atoms with Crippen LogP contribution in [0.15, 0.2) is 29.4 Å². The molecule has 4 rings (SSSR count). The van der Waals surface area contributed by atoms with Crippen LogP contribution >= 0.6 is 11.6 Å². The smallest absolute Gasteiger partial charge is 0.371 e. The van der Waals surface area contributed by atoms with Crippen molar-refractivity contribution in [2.45, 2.75) is 56.8 Å². The van der Waals surface area contributed by atoms with Crippen molar-refractivity contribution in [3.8, 4) is 0 Å². The maximum atomic E-state index is 13.4. The molecule has 0 radical (unpaired) electrons. The van der Waals surface area contributed by atoms with Crippen LogP contribution in [0.4, 0.5) is 18.9 Å². The number of hydrogen-bond acceptors (Lipinski definition) is 5. The lowest BCUT2D eigenvalue weighted by molar-refractivity contribution is -0.141. The fraction of sp³-hybridized carbons (Fsp3) is 0.455. The number of benzene rings is 1. The average Bonchev–Trinajstić information content (AvgIpc) is 2.78. The summed E-state index contributed by atoms with van der Waals surface area (Å²) < 4.78 is 40.3. The quantitative estimate of drug-likeness (QED) is 0.690. The number of anilines is 1. The van der Waals surface area contributed by atoms with Gasteiger partial charge in [0.05, 0.1) is 5.52 Å². The second kappa shape index (κ2) is 9.17. The second-order valence-electron chi connectivity index (χ2n) is 8.37. The summed E-state index contributed by atoms with van der Waals surface area (Å²) in [5, 5.41) is 7.75. The number of carbonyl (C=O) groups excluding carboxylic acids is 2. The maximum absolute atomic E-state index is 13.4. The molecule has 1 fully saturated rings. The Hall–Kier alpha value is -2.88. The molecule has 1 aromatic heterocycles. The predicted molar refractivity (Wildman–Crippen MR) is 119 cm³/mol. The number of fused-ring (bicyclic) bond motifs is 1. The first-order chi connectivity index (χ1) is 15.6. The highest BCUT2D eigenvalue weighted by Gasteiger charge is 2.35. The van der Waals surface area contributed by atoms with E-state index in [9.17, 15) is 22.8 Å². The molecule has 33 heavy (non-hydrogen) atoms. The summed E-state index contributed by atoms with van der Waals surface area (Å²) in [6.07, 6.45) is -1.30. The van der Waals surface area contributed by atoms with Crippen molar-refractivity contribution in [2.75, 3.05) is 11.9 Å².